The molecule has 2 heterocycles. The van der Waals surface area contributed by atoms with E-state index >= 15 is 0 Å². The maximum absolute atomic E-state index is 5.67. The van der Waals surface area contributed by atoms with Crippen molar-refractivity contribution in [3.05, 3.63) is 36.2 Å². The second-order valence-electron chi connectivity index (χ2n) is 3.06. The van der Waals surface area contributed by atoms with Crippen molar-refractivity contribution in [1.82, 2.24) is 14.8 Å². The van der Waals surface area contributed by atoms with E-state index in [0.717, 1.165) is 17.0 Å². The lowest BCUT2D eigenvalue weighted by molar-refractivity contribution is 0.770. The smallest absolute Gasteiger partial charge is 0.111 e. The minimum absolute atomic E-state index is 0.496. The van der Waals surface area contributed by atoms with E-state index in [9.17, 15) is 0 Å². The van der Waals surface area contributed by atoms with Crippen molar-refractivity contribution >= 4 is 11.6 Å². The molecule has 0 amide bonds. The first kappa shape index (κ1) is 9.21. The second kappa shape index (κ2) is 3.80. The Labute approximate surface area is 87.3 Å². The molecule has 0 unspecified atom stereocenters. The van der Waals surface area contributed by atoms with Gasteiger partial charge in [-0.15, -0.1) is 11.6 Å². The first-order valence-electron chi connectivity index (χ1n) is 4.30. The van der Waals surface area contributed by atoms with Crippen LogP contribution in [-0.4, -0.2) is 14.8 Å². The van der Waals surface area contributed by atoms with Crippen LogP contribution in [0.15, 0.2) is 30.6 Å². The molecule has 0 bridgehead atoms. The fourth-order valence-corrected chi connectivity index (χ4v) is 1.36. The molecule has 0 aliphatic heterocycles. The van der Waals surface area contributed by atoms with Gasteiger partial charge in [0.25, 0.3) is 0 Å². The number of nitrogens with zero attached hydrogens (tertiary/aromatic N) is 3. The zero-order chi connectivity index (χ0) is 9.97. The van der Waals surface area contributed by atoms with Gasteiger partial charge in [-0.1, -0.05) is 6.07 Å². The van der Waals surface area contributed by atoms with Crippen molar-refractivity contribution in [2.75, 3.05) is 0 Å². The van der Waals surface area contributed by atoms with Crippen LogP contribution in [0.3, 0.4) is 0 Å². The molecule has 0 atom stereocenters. The maximum Gasteiger partial charge on any atom is 0.111 e. The summed E-state index contributed by atoms with van der Waals surface area (Å²) in [5.41, 5.74) is 2.78. The summed E-state index contributed by atoms with van der Waals surface area (Å²) in [5.74, 6) is 0.496. The molecule has 0 aliphatic rings. The predicted molar refractivity (Wildman–Crippen MR) is 56.0 cm³/mol. The lowest BCUT2D eigenvalue weighted by Crippen LogP contribution is -1.90. The van der Waals surface area contributed by atoms with Crippen LogP contribution in [0.25, 0.3) is 11.4 Å². The third-order valence-corrected chi connectivity index (χ3v) is 2.26. The van der Waals surface area contributed by atoms with Gasteiger partial charge in [0.05, 0.1) is 5.69 Å². The van der Waals surface area contributed by atoms with Crippen LogP contribution in [0, 0.1) is 0 Å². The highest BCUT2D eigenvalue weighted by atomic mass is 35.5. The van der Waals surface area contributed by atoms with Gasteiger partial charge in [0.1, 0.15) is 5.69 Å². The Bertz CT molecular complexity index is 419. The third kappa shape index (κ3) is 1.77. The molecule has 4 heteroatoms. The number of alkyl halides is 1. The van der Waals surface area contributed by atoms with E-state index in [-0.39, 0.29) is 0 Å². The van der Waals surface area contributed by atoms with Gasteiger partial charge >= 0.3 is 0 Å². The number of hydrogen-bond donors (Lipinski definition) is 0. The summed E-state index contributed by atoms with van der Waals surface area (Å²) < 4.78 is 1.76. The number of pyridine rings is 1. The maximum atomic E-state index is 5.67. The van der Waals surface area contributed by atoms with Crippen molar-refractivity contribution in [1.29, 1.82) is 0 Å². The molecule has 0 spiro atoms. The van der Waals surface area contributed by atoms with Gasteiger partial charge in [-0.05, 0) is 17.7 Å². The van der Waals surface area contributed by atoms with Gasteiger partial charge in [0.15, 0.2) is 0 Å². The molecule has 2 aromatic heterocycles. The average Bonchev–Trinajstić information content (AvgIpc) is 2.65. The average molecular weight is 208 g/mol. The van der Waals surface area contributed by atoms with E-state index in [1.54, 1.807) is 10.9 Å². The van der Waals surface area contributed by atoms with E-state index < -0.39 is 0 Å². The SMILES string of the molecule is Cn1ccc(-c2ccc(CCl)cn2)n1. The highest BCUT2D eigenvalue weighted by Gasteiger charge is 2.01. The van der Waals surface area contributed by atoms with Crippen molar-refractivity contribution in [3.8, 4) is 11.4 Å². The van der Waals surface area contributed by atoms with Gasteiger partial charge in [-0.3, -0.25) is 9.67 Å². The first-order chi connectivity index (χ1) is 6.79. The second-order valence-corrected chi connectivity index (χ2v) is 3.33. The minimum Gasteiger partial charge on any atom is -0.275 e. The summed E-state index contributed by atoms with van der Waals surface area (Å²) in [5, 5.41) is 4.26. The summed E-state index contributed by atoms with van der Waals surface area (Å²) in [6, 6.07) is 5.83. The van der Waals surface area contributed by atoms with Crippen LogP contribution >= 0.6 is 11.6 Å². The molecular weight excluding hydrogens is 198 g/mol. The molecule has 0 saturated heterocycles. The van der Waals surface area contributed by atoms with Crippen LogP contribution < -0.4 is 0 Å². The van der Waals surface area contributed by atoms with E-state index in [2.05, 4.69) is 10.1 Å². The molecule has 0 aromatic carbocycles. The van der Waals surface area contributed by atoms with Gasteiger partial charge in [-0.2, -0.15) is 5.10 Å². The fraction of sp³-hybridized carbons (Fsp3) is 0.200. The Morgan fingerprint density at radius 2 is 2.14 bits per heavy atom. The van der Waals surface area contributed by atoms with Gasteiger partial charge in [0, 0.05) is 25.3 Å². The standard InChI is InChI=1S/C10H10ClN3/c1-14-5-4-10(13-14)9-3-2-8(6-11)7-12-9/h2-5,7H,6H2,1H3. The van der Waals surface area contributed by atoms with Crippen molar-refractivity contribution < 1.29 is 0 Å². The van der Waals surface area contributed by atoms with Crippen LogP contribution in [0.1, 0.15) is 5.56 Å². The number of hydrogen-bond acceptors (Lipinski definition) is 2. The van der Waals surface area contributed by atoms with Crippen LogP contribution in [0.2, 0.25) is 0 Å². The molecule has 72 valence electrons. The van der Waals surface area contributed by atoms with Gasteiger partial charge in [-0.25, -0.2) is 0 Å². The molecule has 3 nitrogen and oxygen atoms in total. The van der Waals surface area contributed by atoms with E-state index in [0.29, 0.717) is 5.88 Å². The number of aryl methyl sites for hydroxylation is 1. The van der Waals surface area contributed by atoms with E-state index in [1.165, 1.54) is 0 Å². The van der Waals surface area contributed by atoms with Crippen LogP contribution in [0.4, 0.5) is 0 Å². The Hall–Kier alpha value is -1.35. The Kier molecular flexibility index (Phi) is 2.50. The normalized spacial score (nSPS) is 10.4. The molecule has 0 radical (unpaired) electrons. The quantitative estimate of drug-likeness (QED) is 0.707. The monoisotopic (exact) mass is 207 g/mol. The fourth-order valence-electron chi connectivity index (χ4n) is 1.21. The number of aromatic nitrogens is 3. The highest BCUT2D eigenvalue weighted by Crippen LogP contribution is 2.14. The lowest BCUT2D eigenvalue weighted by atomic mass is 10.2. The van der Waals surface area contributed by atoms with E-state index in [4.69, 9.17) is 11.6 Å². The van der Waals surface area contributed by atoms with Gasteiger partial charge in [0.2, 0.25) is 0 Å². The number of halogens is 1. The lowest BCUT2D eigenvalue weighted by Gasteiger charge is -1.97. The zero-order valence-corrected chi connectivity index (χ0v) is 8.57. The molecular formula is C10H10ClN3. The molecule has 14 heavy (non-hydrogen) atoms. The van der Waals surface area contributed by atoms with Gasteiger partial charge < -0.3 is 0 Å². The molecule has 0 saturated carbocycles. The molecule has 2 aromatic rings. The molecule has 2 rings (SSSR count). The van der Waals surface area contributed by atoms with Crippen molar-refractivity contribution in [2.24, 2.45) is 7.05 Å². The first-order valence-corrected chi connectivity index (χ1v) is 4.84. The summed E-state index contributed by atoms with van der Waals surface area (Å²) >= 11 is 5.67. The summed E-state index contributed by atoms with van der Waals surface area (Å²) in [6.45, 7) is 0. The van der Waals surface area contributed by atoms with Crippen molar-refractivity contribution in [3.63, 3.8) is 0 Å². The zero-order valence-electron chi connectivity index (χ0n) is 7.81. The molecule has 0 aliphatic carbocycles. The Morgan fingerprint density at radius 3 is 2.64 bits per heavy atom. The summed E-state index contributed by atoms with van der Waals surface area (Å²) in [7, 11) is 1.89. The topological polar surface area (TPSA) is 30.7 Å². The van der Waals surface area contributed by atoms with Crippen LogP contribution in [0.5, 0.6) is 0 Å². The Balaban J connectivity index is 2.33. The van der Waals surface area contributed by atoms with E-state index in [1.807, 2.05) is 31.4 Å². The Morgan fingerprint density at radius 1 is 1.29 bits per heavy atom. The number of rotatable bonds is 2. The third-order valence-electron chi connectivity index (χ3n) is 1.96. The molecule has 0 fully saturated rings. The molecule has 0 N–H and O–H groups in total. The van der Waals surface area contributed by atoms with Crippen molar-refractivity contribution in [2.45, 2.75) is 5.88 Å². The summed E-state index contributed by atoms with van der Waals surface area (Å²) in [4.78, 5) is 4.27. The largest absolute Gasteiger partial charge is 0.275 e. The summed E-state index contributed by atoms with van der Waals surface area (Å²) in [6.07, 6.45) is 3.67. The highest BCUT2D eigenvalue weighted by molar-refractivity contribution is 6.17. The predicted octanol–water partition coefficient (Wildman–Crippen LogP) is 2.22. The van der Waals surface area contributed by atoms with Crippen LogP contribution in [-0.2, 0) is 12.9 Å². The minimum atomic E-state index is 0.496.